The van der Waals surface area contributed by atoms with Crippen molar-refractivity contribution in [1.82, 2.24) is 4.90 Å². The van der Waals surface area contributed by atoms with Crippen LogP contribution in [0, 0.1) is 23.7 Å². The Morgan fingerprint density at radius 2 is 1.68 bits per heavy atom. The number of primary amides is 1. The second-order valence-electron chi connectivity index (χ2n) is 10.8. The largest absolute Gasteiger partial charge is 0.510 e. The standard InChI is InChI=1S/C31H28N2O8/c1-14(34)16-7-4-15(5-8-16)6-9-17-10-11-21(35)23-19(17)12-18-13-20-25(33(2)3)27(37)24(30(32)40)29(39)31(20,41)28(38)22(18)26(23)36/h4-5,7-8,10-11,18,20,25,35,37-38,41H,12-13H2,1-3H3,(H2,32,40). The van der Waals surface area contributed by atoms with Crippen LogP contribution < -0.4 is 5.73 Å². The highest BCUT2D eigenvalue weighted by atomic mass is 16.3. The number of Topliss-reactive ketones (excluding diaryl/α,β-unsaturated/α-hetero) is 3. The van der Waals surface area contributed by atoms with Gasteiger partial charge in [-0.3, -0.25) is 24.1 Å². The van der Waals surface area contributed by atoms with Crippen molar-refractivity contribution in [2.45, 2.75) is 31.4 Å². The number of phenols is 1. The van der Waals surface area contributed by atoms with Gasteiger partial charge in [0, 0.05) is 28.2 Å². The van der Waals surface area contributed by atoms with Gasteiger partial charge < -0.3 is 26.2 Å². The summed E-state index contributed by atoms with van der Waals surface area (Å²) in [5.41, 5.74) is 3.55. The Balaban J connectivity index is 1.63. The lowest BCUT2D eigenvalue weighted by molar-refractivity contribution is -0.148. The number of aliphatic hydroxyl groups excluding tert-OH is 2. The Morgan fingerprint density at radius 1 is 1.02 bits per heavy atom. The maximum atomic E-state index is 13.8. The lowest BCUT2D eigenvalue weighted by Crippen LogP contribution is -2.63. The third kappa shape index (κ3) is 4.13. The van der Waals surface area contributed by atoms with Gasteiger partial charge in [-0.05, 0) is 69.6 Å². The van der Waals surface area contributed by atoms with E-state index in [4.69, 9.17) is 5.73 Å². The monoisotopic (exact) mass is 556 g/mol. The number of aromatic hydroxyl groups is 1. The minimum Gasteiger partial charge on any atom is -0.510 e. The molecule has 0 saturated heterocycles. The number of likely N-dealkylation sites (N-methyl/N-ethyl adjacent to an activating group) is 1. The fourth-order valence-corrected chi connectivity index (χ4v) is 6.30. The van der Waals surface area contributed by atoms with Crippen molar-refractivity contribution in [1.29, 1.82) is 0 Å². The van der Waals surface area contributed by atoms with Crippen LogP contribution in [0.4, 0.5) is 0 Å². The number of fused-ring (bicyclic) bond motifs is 3. The molecular formula is C31H28N2O8. The summed E-state index contributed by atoms with van der Waals surface area (Å²) < 4.78 is 0. The first kappa shape index (κ1) is 27.8. The molecule has 10 nitrogen and oxygen atoms in total. The van der Waals surface area contributed by atoms with Gasteiger partial charge in [0.1, 0.15) is 22.8 Å². The van der Waals surface area contributed by atoms with E-state index < -0.39 is 58.0 Å². The number of benzene rings is 2. The van der Waals surface area contributed by atoms with Crippen LogP contribution >= 0.6 is 0 Å². The van der Waals surface area contributed by atoms with Gasteiger partial charge >= 0.3 is 0 Å². The van der Waals surface area contributed by atoms with E-state index in [0.717, 1.165) is 0 Å². The summed E-state index contributed by atoms with van der Waals surface area (Å²) in [5, 5.41) is 44.6. The van der Waals surface area contributed by atoms with Crippen molar-refractivity contribution in [2.75, 3.05) is 14.1 Å². The highest BCUT2D eigenvalue weighted by molar-refractivity contribution is 6.24. The first-order valence-corrected chi connectivity index (χ1v) is 12.9. The lowest BCUT2D eigenvalue weighted by Gasteiger charge is -2.50. The predicted octanol–water partition coefficient (Wildman–Crippen LogP) is 1.72. The topological polar surface area (TPSA) is 178 Å². The second kappa shape index (κ2) is 9.73. The number of phenolic OH excluding ortho intramolecular Hbond substituents is 1. The number of amides is 1. The number of hydrogen-bond acceptors (Lipinski definition) is 9. The SMILES string of the molecule is CC(=O)c1ccc(C#Cc2ccc(O)c3c2CC2CC4C(N(C)C)C(O)=C(C(N)=O)C(=O)C4(O)C(O)=C2C3=O)cc1. The summed E-state index contributed by atoms with van der Waals surface area (Å²) in [4.78, 5) is 52.3. The van der Waals surface area contributed by atoms with Gasteiger partial charge in [0.15, 0.2) is 17.2 Å². The smallest absolute Gasteiger partial charge is 0.255 e. The molecule has 2 aromatic carbocycles. The maximum absolute atomic E-state index is 13.8. The van der Waals surface area contributed by atoms with E-state index in [2.05, 4.69) is 11.8 Å². The summed E-state index contributed by atoms with van der Waals surface area (Å²) in [6.07, 6.45) is 0.122. The van der Waals surface area contributed by atoms with E-state index in [0.29, 0.717) is 22.3 Å². The van der Waals surface area contributed by atoms with Crippen molar-refractivity contribution < 1.29 is 39.6 Å². The predicted molar refractivity (Wildman–Crippen MR) is 146 cm³/mol. The minimum atomic E-state index is -2.69. The zero-order chi connectivity index (χ0) is 30.0. The zero-order valence-electron chi connectivity index (χ0n) is 22.6. The normalized spacial score (nSPS) is 25.2. The molecular weight excluding hydrogens is 528 g/mol. The van der Waals surface area contributed by atoms with Crippen molar-refractivity contribution in [2.24, 2.45) is 17.6 Å². The van der Waals surface area contributed by atoms with Gasteiger partial charge in [0.25, 0.3) is 5.91 Å². The van der Waals surface area contributed by atoms with Gasteiger partial charge in [-0.1, -0.05) is 24.0 Å². The molecule has 0 radical (unpaired) electrons. The van der Waals surface area contributed by atoms with E-state index in [1.807, 2.05) is 0 Å². The number of nitrogens with zero attached hydrogens (tertiary/aromatic N) is 1. The zero-order valence-corrected chi connectivity index (χ0v) is 22.6. The molecule has 0 heterocycles. The van der Waals surface area contributed by atoms with Crippen LogP contribution in [0.3, 0.4) is 0 Å². The molecule has 0 bridgehead atoms. The van der Waals surface area contributed by atoms with E-state index in [1.165, 1.54) is 17.9 Å². The molecule has 5 rings (SSSR count). The third-order valence-electron chi connectivity index (χ3n) is 8.24. The molecule has 0 spiro atoms. The van der Waals surface area contributed by atoms with Crippen LogP contribution in [0.1, 0.15) is 50.8 Å². The van der Waals surface area contributed by atoms with Gasteiger partial charge in [-0.25, -0.2) is 0 Å². The second-order valence-corrected chi connectivity index (χ2v) is 10.8. The Morgan fingerprint density at radius 3 is 2.27 bits per heavy atom. The Bertz CT molecular complexity index is 1670. The van der Waals surface area contributed by atoms with Crippen LogP contribution in [0.2, 0.25) is 0 Å². The van der Waals surface area contributed by atoms with Gasteiger partial charge in [-0.2, -0.15) is 0 Å². The molecule has 0 aliphatic heterocycles. The number of allylic oxidation sites excluding steroid dienone is 1. The number of carbonyl (C=O) groups excluding carboxylic acids is 4. The van der Waals surface area contributed by atoms with Crippen molar-refractivity contribution >= 4 is 23.3 Å². The molecule has 0 aromatic heterocycles. The average Bonchev–Trinajstić information content (AvgIpc) is 2.90. The maximum Gasteiger partial charge on any atom is 0.255 e. The average molecular weight is 557 g/mol. The van der Waals surface area contributed by atoms with Crippen LogP contribution in [0.25, 0.3) is 0 Å². The van der Waals surface area contributed by atoms with Crippen LogP contribution in [0.15, 0.2) is 59.1 Å². The molecule has 41 heavy (non-hydrogen) atoms. The van der Waals surface area contributed by atoms with Crippen molar-refractivity contribution in [3.05, 3.63) is 86.9 Å². The number of carbonyl (C=O) groups is 4. The molecule has 1 amide bonds. The molecule has 6 N–H and O–H groups in total. The molecule has 3 aliphatic rings. The summed E-state index contributed by atoms with van der Waals surface area (Å²) in [7, 11) is 3.14. The van der Waals surface area contributed by atoms with Gasteiger partial charge in [0.05, 0.1) is 11.6 Å². The van der Waals surface area contributed by atoms with Gasteiger partial charge in [-0.15, -0.1) is 0 Å². The fourth-order valence-electron chi connectivity index (χ4n) is 6.30. The van der Waals surface area contributed by atoms with Gasteiger partial charge in [0.2, 0.25) is 5.78 Å². The molecule has 4 unspecified atom stereocenters. The Kier molecular flexibility index (Phi) is 6.60. The number of aliphatic hydroxyl groups is 3. The van der Waals surface area contributed by atoms with E-state index in [9.17, 15) is 39.6 Å². The summed E-state index contributed by atoms with van der Waals surface area (Å²) in [6.45, 7) is 1.46. The molecule has 4 atom stereocenters. The minimum absolute atomic E-state index is 0.0131. The molecule has 10 heteroatoms. The van der Waals surface area contributed by atoms with E-state index in [1.54, 1.807) is 44.4 Å². The first-order valence-electron chi connectivity index (χ1n) is 12.9. The molecule has 3 aliphatic carbocycles. The molecule has 210 valence electrons. The Labute approximate surface area is 235 Å². The Hall–Kier alpha value is -4.72. The van der Waals surface area contributed by atoms with Crippen molar-refractivity contribution in [3.63, 3.8) is 0 Å². The quantitative estimate of drug-likeness (QED) is 0.214. The summed E-state index contributed by atoms with van der Waals surface area (Å²) in [5.74, 6) is -1.09. The summed E-state index contributed by atoms with van der Waals surface area (Å²) in [6, 6.07) is 8.53. The summed E-state index contributed by atoms with van der Waals surface area (Å²) >= 11 is 0. The number of ketones is 3. The van der Waals surface area contributed by atoms with Crippen LogP contribution in [-0.4, -0.2) is 74.3 Å². The lowest BCUT2D eigenvalue weighted by atomic mass is 9.58. The molecule has 2 aromatic rings. The number of hydrogen-bond donors (Lipinski definition) is 5. The first-order chi connectivity index (χ1) is 19.3. The van der Waals surface area contributed by atoms with E-state index >= 15 is 0 Å². The highest BCUT2D eigenvalue weighted by Gasteiger charge is 2.63. The van der Waals surface area contributed by atoms with E-state index in [-0.39, 0.29) is 35.5 Å². The van der Waals surface area contributed by atoms with Crippen LogP contribution in [-0.2, 0) is 16.0 Å². The number of nitrogens with two attached hydrogens (primary N) is 1. The number of rotatable bonds is 3. The highest BCUT2D eigenvalue weighted by Crippen LogP contribution is 2.52. The van der Waals surface area contributed by atoms with Crippen LogP contribution in [0.5, 0.6) is 5.75 Å². The molecule has 0 fully saturated rings. The fraction of sp³-hybridized carbons (Fsp3) is 0.290. The third-order valence-corrected chi connectivity index (χ3v) is 8.24. The van der Waals surface area contributed by atoms with Crippen molar-refractivity contribution in [3.8, 4) is 17.6 Å². The molecule has 0 saturated carbocycles.